The van der Waals surface area contributed by atoms with Gasteiger partial charge in [0.1, 0.15) is 17.3 Å². The Balaban J connectivity index is 2.49. The van der Waals surface area contributed by atoms with Gasteiger partial charge in [-0.15, -0.1) is 0 Å². The van der Waals surface area contributed by atoms with Crippen molar-refractivity contribution in [3.63, 3.8) is 0 Å². The van der Waals surface area contributed by atoms with Crippen molar-refractivity contribution in [1.82, 2.24) is 0 Å². The number of ether oxygens (including phenoxy) is 1. The first-order valence-electron chi connectivity index (χ1n) is 6.45. The Morgan fingerprint density at radius 1 is 1.29 bits per heavy atom. The second-order valence-electron chi connectivity index (χ2n) is 4.78. The molecule has 1 atom stereocenters. The number of amides is 1. The van der Waals surface area contributed by atoms with E-state index in [9.17, 15) is 14.3 Å². The van der Waals surface area contributed by atoms with Gasteiger partial charge in [-0.1, -0.05) is 12.1 Å². The molecule has 4 nitrogen and oxygen atoms in total. The molecule has 0 fully saturated rings. The van der Waals surface area contributed by atoms with Crippen LogP contribution in [0.1, 0.15) is 34.5 Å². The van der Waals surface area contributed by atoms with E-state index in [2.05, 4.69) is 0 Å². The topological polar surface area (TPSA) is 72.5 Å². The van der Waals surface area contributed by atoms with Crippen LogP contribution in [0.2, 0.25) is 0 Å². The molecule has 0 unspecified atom stereocenters. The monoisotopic (exact) mass is 289 g/mol. The van der Waals surface area contributed by atoms with Gasteiger partial charge in [-0.25, -0.2) is 4.39 Å². The van der Waals surface area contributed by atoms with Gasteiger partial charge in [0.2, 0.25) is 0 Å². The van der Waals surface area contributed by atoms with Crippen LogP contribution < -0.4 is 10.5 Å². The van der Waals surface area contributed by atoms with Gasteiger partial charge in [-0.3, -0.25) is 4.79 Å². The molecule has 1 amide bonds. The molecule has 0 aliphatic heterocycles. The highest BCUT2D eigenvalue weighted by Crippen LogP contribution is 2.33. The molecular formula is C16H16FNO3. The lowest BCUT2D eigenvalue weighted by Gasteiger charge is -2.16. The number of hydrogen-bond acceptors (Lipinski definition) is 3. The van der Waals surface area contributed by atoms with Crippen molar-refractivity contribution in [2.75, 3.05) is 0 Å². The zero-order chi connectivity index (χ0) is 15.6. The molecule has 21 heavy (non-hydrogen) atoms. The summed E-state index contributed by atoms with van der Waals surface area (Å²) in [5.74, 6) is -0.500. The van der Waals surface area contributed by atoms with Crippen LogP contribution in [-0.4, -0.2) is 11.0 Å². The van der Waals surface area contributed by atoms with Crippen molar-refractivity contribution in [2.45, 2.75) is 20.0 Å². The van der Waals surface area contributed by atoms with E-state index in [4.69, 9.17) is 10.5 Å². The number of nitrogens with two attached hydrogens (primary N) is 1. The molecule has 0 aliphatic rings. The first-order chi connectivity index (χ1) is 9.90. The highest BCUT2D eigenvalue weighted by molar-refractivity contribution is 5.95. The van der Waals surface area contributed by atoms with Crippen LogP contribution in [0.5, 0.6) is 11.5 Å². The van der Waals surface area contributed by atoms with Gasteiger partial charge in [0.15, 0.2) is 0 Å². The Kier molecular flexibility index (Phi) is 4.23. The number of carbonyl (C=O) groups is 1. The van der Waals surface area contributed by atoms with E-state index in [-0.39, 0.29) is 17.1 Å². The molecule has 3 N–H and O–H groups in total. The van der Waals surface area contributed by atoms with Crippen molar-refractivity contribution in [2.24, 2.45) is 5.73 Å². The SMILES string of the molecule is Cc1cc(Oc2ccccc2C(N)=O)c([C@@H](C)O)cc1F. The maximum absolute atomic E-state index is 13.6. The number of aryl methyl sites for hydroxylation is 1. The molecule has 0 saturated carbocycles. The highest BCUT2D eigenvalue weighted by Gasteiger charge is 2.16. The number of benzene rings is 2. The van der Waals surface area contributed by atoms with Crippen molar-refractivity contribution >= 4 is 5.91 Å². The molecule has 2 aromatic carbocycles. The quantitative estimate of drug-likeness (QED) is 0.908. The number of primary amides is 1. The van der Waals surface area contributed by atoms with E-state index in [0.29, 0.717) is 11.1 Å². The third kappa shape index (κ3) is 3.20. The molecule has 2 aromatic rings. The minimum atomic E-state index is -0.907. The van der Waals surface area contributed by atoms with Gasteiger partial charge < -0.3 is 15.6 Å². The van der Waals surface area contributed by atoms with Crippen LogP contribution in [0.3, 0.4) is 0 Å². The van der Waals surface area contributed by atoms with E-state index in [0.717, 1.165) is 0 Å². The van der Waals surface area contributed by atoms with Crippen molar-refractivity contribution in [3.05, 3.63) is 58.9 Å². The summed E-state index contributed by atoms with van der Waals surface area (Å²) in [6.07, 6.45) is -0.907. The predicted octanol–water partition coefficient (Wildman–Crippen LogP) is 3.08. The van der Waals surface area contributed by atoms with Gasteiger partial charge >= 0.3 is 0 Å². The largest absolute Gasteiger partial charge is 0.456 e. The summed E-state index contributed by atoms with van der Waals surface area (Å²) < 4.78 is 19.3. The van der Waals surface area contributed by atoms with Crippen molar-refractivity contribution < 1.29 is 19.0 Å². The molecular weight excluding hydrogens is 273 g/mol. The maximum atomic E-state index is 13.6. The number of carbonyl (C=O) groups excluding carboxylic acids is 1. The lowest BCUT2D eigenvalue weighted by molar-refractivity contribution is 0.0998. The standard InChI is InChI=1S/C16H16FNO3/c1-9-7-15(12(10(2)19)8-13(9)17)21-14-6-4-3-5-11(14)16(18)20/h3-8,10,19H,1-2H3,(H2,18,20)/t10-/m1/s1. The van der Waals surface area contributed by atoms with Crippen LogP contribution >= 0.6 is 0 Å². The smallest absolute Gasteiger partial charge is 0.252 e. The van der Waals surface area contributed by atoms with Gasteiger partial charge in [0, 0.05) is 5.56 Å². The Bertz CT molecular complexity index is 683. The first-order valence-corrected chi connectivity index (χ1v) is 6.45. The average Bonchev–Trinajstić information content (AvgIpc) is 2.42. The molecule has 0 heterocycles. The first kappa shape index (κ1) is 15.0. The third-order valence-corrected chi connectivity index (χ3v) is 3.11. The average molecular weight is 289 g/mol. The van der Waals surface area contributed by atoms with E-state index >= 15 is 0 Å². The van der Waals surface area contributed by atoms with Gasteiger partial charge in [-0.2, -0.15) is 0 Å². The molecule has 0 radical (unpaired) electrons. The van der Waals surface area contributed by atoms with Gasteiger partial charge in [-0.05, 0) is 43.7 Å². The molecule has 0 saturated heterocycles. The number of hydrogen-bond donors (Lipinski definition) is 2. The van der Waals surface area contributed by atoms with E-state index in [1.807, 2.05) is 0 Å². The number of aliphatic hydroxyl groups excluding tert-OH is 1. The Hall–Kier alpha value is -2.40. The molecule has 0 bridgehead atoms. The Labute approximate surface area is 122 Å². The van der Waals surface area contributed by atoms with Gasteiger partial charge in [0.25, 0.3) is 5.91 Å². The van der Waals surface area contributed by atoms with E-state index in [1.165, 1.54) is 25.1 Å². The Morgan fingerprint density at radius 3 is 2.57 bits per heavy atom. The maximum Gasteiger partial charge on any atom is 0.252 e. The van der Waals surface area contributed by atoms with Crippen LogP contribution in [0.25, 0.3) is 0 Å². The zero-order valence-corrected chi connectivity index (χ0v) is 11.8. The third-order valence-electron chi connectivity index (χ3n) is 3.11. The fourth-order valence-corrected chi connectivity index (χ4v) is 1.96. The summed E-state index contributed by atoms with van der Waals surface area (Å²) >= 11 is 0. The molecule has 0 aliphatic carbocycles. The summed E-state index contributed by atoms with van der Waals surface area (Å²) in [7, 11) is 0. The second-order valence-corrected chi connectivity index (χ2v) is 4.78. The van der Waals surface area contributed by atoms with Crippen LogP contribution in [0, 0.1) is 12.7 Å². The minimum absolute atomic E-state index is 0.219. The number of halogens is 1. The Morgan fingerprint density at radius 2 is 1.95 bits per heavy atom. The zero-order valence-electron chi connectivity index (χ0n) is 11.8. The van der Waals surface area contributed by atoms with E-state index in [1.54, 1.807) is 25.1 Å². The summed E-state index contributed by atoms with van der Waals surface area (Å²) in [4.78, 5) is 11.4. The molecule has 2 rings (SSSR count). The number of para-hydroxylation sites is 1. The van der Waals surface area contributed by atoms with Crippen molar-refractivity contribution in [1.29, 1.82) is 0 Å². The van der Waals surface area contributed by atoms with Gasteiger partial charge in [0.05, 0.1) is 11.7 Å². The summed E-state index contributed by atoms with van der Waals surface area (Å²) in [5.41, 5.74) is 6.19. The number of aliphatic hydroxyl groups is 1. The summed E-state index contributed by atoms with van der Waals surface area (Å²) in [6.45, 7) is 3.10. The summed E-state index contributed by atoms with van der Waals surface area (Å²) in [6, 6.07) is 9.19. The minimum Gasteiger partial charge on any atom is -0.456 e. The highest BCUT2D eigenvalue weighted by atomic mass is 19.1. The predicted molar refractivity (Wildman–Crippen MR) is 76.8 cm³/mol. The number of rotatable bonds is 4. The van der Waals surface area contributed by atoms with Crippen LogP contribution in [0.15, 0.2) is 36.4 Å². The fourth-order valence-electron chi connectivity index (χ4n) is 1.96. The lowest BCUT2D eigenvalue weighted by Crippen LogP contribution is -2.12. The molecule has 0 aromatic heterocycles. The fraction of sp³-hybridized carbons (Fsp3) is 0.188. The normalized spacial score (nSPS) is 12.0. The molecule has 110 valence electrons. The van der Waals surface area contributed by atoms with E-state index < -0.39 is 17.8 Å². The molecule has 0 spiro atoms. The van der Waals surface area contributed by atoms with Crippen LogP contribution in [0.4, 0.5) is 4.39 Å². The summed E-state index contributed by atoms with van der Waals surface area (Å²) in [5, 5.41) is 9.74. The lowest BCUT2D eigenvalue weighted by atomic mass is 10.1. The van der Waals surface area contributed by atoms with Crippen LogP contribution in [-0.2, 0) is 0 Å². The molecule has 5 heteroatoms. The second kappa shape index (κ2) is 5.93. The van der Waals surface area contributed by atoms with Crippen molar-refractivity contribution in [3.8, 4) is 11.5 Å².